The Morgan fingerprint density at radius 3 is 2.76 bits per heavy atom. The van der Waals surface area contributed by atoms with Crippen molar-refractivity contribution in [1.29, 1.82) is 0 Å². The van der Waals surface area contributed by atoms with Gasteiger partial charge in [0, 0.05) is 43.2 Å². The number of carbonyl (C=O) groups is 2. The van der Waals surface area contributed by atoms with Gasteiger partial charge in [-0.2, -0.15) is 0 Å². The second kappa shape index (κ2) is 8.24. The van der Waals surface area contributed by atoms with Crippen LogP contribution in [0.25, 0.3) is 11.0 Å². The topological polar surface area (TPSA) is 84.2 Å². The third-order valence-electron chi connectivity index (χ3n) is 6.86. The lowest BCUT2D eigenvalue weighted by molar-refractivity contribution is -0.133. The Labute approximate surface area is 193 Å². The van der Waals surface area contributed by atoms with E-state index in [2.05, 4.69) is 18.4 Å². The molecule has 1 unspecified atom stereocenters. The standard InChI is InChI=1S/C25H30N6O2/c1-15(2)24-27-19-9-5-6-10-20(19)31(24)14-22(33)30-11-7-8-17(13-30)23-26-16(3)18-12-21(32)29(4)25(18)28-23/h5-6,9-10,15,17H,7-8,11-14H2,1-4H3. The fraction of sp³-hybridized carbons (Fsp3) is 0.480. The van der Waals surface area contributed by atoms with E-state index in [0.717, 1.165) is 59.1 Å². The van der Waals surface area contributed by atoms with Crippen LogP contribution in [0.2, 0.25) is 0 Å². The molecule has 2 aromatic heterocycles. The van der Waals surface area contributed by atoms with Gasteiger partial charge in [-0.25, -0.2) is 15.0 Å². The Hall–Kier alpha value is -3.29. The van der Waals surface area contributed by atoms with E-state index >= 15 is 0 Å². The van der Waals surface area contributed by atoms with Crippen molar-refractivity contribution in [2.45, 2.75) is 58.4 Å². The summed E-state index contributed by atoms with van der Waals surface area (Å²) in [4.78, 5) is 43.4. The molecule has 1 aromatic carbocycles. The van der Waals surface area contributed by atoms with Gasteiger partial charge in [-0.05, 0) is 31.9 Å². The minimum absolute atomic E-state index is 0.0495. The predicted molar refractivity (Wildman–Crippen MR) is 126 cm³/mol. The molecule has 0 saturated carbocycles. The molecule has 3 aromatic rings. The lowest BCUT2D eigenvalue weighted by atomic mass is 9.96. The summed E-state index contributed by atoms with van der Waals surface area (Å²) in [6, 6.07) is 7.99. The maximum absolute atomic E-state index is 13.4. The van der Waals surface area contributed by atoms with Crippen LogP contribution in [0.3, 0.4) is 0 Å². The quantitative estimate of drug-likeness (QED) is 0.615. The van der Waals surface area contributed by atoms with Gasteiger partial charge < -0.3 is 9.47 Å². The van der Waals surface area contributed by atoms with Gasteiger partial charge in [0.2, 0.25) is 11.8 Å². The van der Waals surface area contributed by atoms with E-state index in [1.807, 2.05) is 36.1 Å². The molecule has 1 fully saturated rings. The fourth-order valence-corrected chi connectivity index (χ4v) is 5.01. The average molecular weight is 447 g/mol. The van der Waals surface area contributed by atoms with Crippen molar-refractivity contribution < 1.29 is 9.59 Å². The first-order valence-electron chi connectivity index (χ1n) is 11.7. The first-order valence-corrected chi connectivity index (χ1v) is 11.7. The van der Waals surface area contributed by atoms with E-state index < -0.39 is 0 Å². The molecule has 2 aliphatic rings. The molecule has 0 N–H and O–H groups in total. The van der Waals surface area contributed by atoms with Crippen molar-refractivity contribution in [2.24, 2.45) is 0 Å². The summed E-state index contributed by atoms with van der Waals surface area (Å²) >= 11 is 0. The molecular weight excluding hydrogens is 416 g/mol. The van der Waals surface area contributed by atoms with Gasteiger partial charge in [0.1, 0.15) is 24.0 Å². The van der Waals surface area contributed by atoms with E-state index in [-0.39, 0.29) is 30.2 Å². The number of aromatic nitrogens is 4. The number of likely N-dealkylation sites (N-methyl/N-ethyl adjacent to an activating group) is 1. The number of likely N-dealkylation sites (tertiary alicyclic amines) is 1. The Kier molecular flexibility index (Phi) is 5.38. The van der Waals surface area contributed by atoms with Gasteiger partial charge in [0.15, 0.2) is 0 Å². The van der Waals surface area contributed by atoms with Crippen molar-refractivity contribution in [3.63, 3.8) is 0 Å². The lowest BCUT2D eigenvalue weighted by Crippen LogP contribution is -2.41. The molecule has 8 nitrogen and oxygen atoms in total. The number of fused-ring (bicyclic) bond motifs is 2. The van der Waals surface area contributed by atoms with Crippen molar-refractivity contribution in [3.05, 3.63) is 47.2 Å². The highest BCUT2D eigenvalue weighted by atomic mass is 16.2. The molecule has 8 heteroatoms. The van der Waals surface area contributed by atoms with E-state index in [1.54, 1.807) is 11.9 Å². The van der Waals surface area contributed by atoms with E-state index in [4.69, 9.17) is 15.0 Å². The third kappa shape index (κ3) is 3.77. The molecule has 4 heterocycles. The van der Waals surface area contributed by atoms with Crippen LogP contribution in [0.5, 0.6) is 0 Å². The second-order valence-corrected chi connectivity index (χ2v) is 9.48. The van der Waals surface area contributed by atoms with Crippen LogP contribution in [0, 0.1) is 6.92 Å². The van der Waals surface area contributed by atoms with Crippen molar-refractivity contribution in [3.8, 4) is 0 Å². The zero-order valence-electron chi connectivity index (χ0n) is 19.7. The number of imidazole rings is 1. The third-order valence-corrected chi connectivity index (χ3v) is 6.86. The summed E-state index contributed by atoms with van der Waals surface area (Å²) in [5.41, 5.74) is 3.70. The molecule has 0 radical (unpaired) electrons. The summed E-state index contributed by atoms with van der Waals surface area (Å²) in [6.45, 7) is 7.77. The van der Waals surface area contributed by atoms with Gasteiger partial charge in [0.05, 0.1) is 17.5 Å². The number of carbonyl (C=O) groups excluding carboxylic acids is 2. The van der Waals surface area contributed by atoms with Crippen LogP contribution in [-0.4, -0.2) is 56.4 Å². The van der Waals surface area contributed by atoms with Gasteiger partial charge in [-0.15, -0.1) is 0 Å². The van der Waals surface area contributed by atoms with Crippen LogP contribution in [0.4, 0.5) is 5.82 Å². The van der Waals surface area contributed by atoms with Crippen LogP contribution >= 0.6 is 0 Å². The molecule has 2 amide bonds. The van der Waals surface area contributed by atoms with Crippen molar-refractivity contribution in [1.82, 2.24) is 24.4 Å². The van der Waals surface area contributed by atoms with Gasteiger partial charge in [0.25, 0.3) is 0 Å². The van der Waals surface area contributed by atoms with E-state index in [0.29, 0.717) is 13.0 Å². The van der Waals surface area contributed by atoms with Crippen LogP contribution in [-0.2, 0) is 22.6 Å². The zero-order valence-corrected chi connectivity index (χ0v) is 19.7. The summed E-state index contributed by atoms with van der Waals surface area (Å²) in [6.07, 6.45) is 2.21. The Balaban J connectivity index is 1.38. The number of rotatable bonds is 4. The van der Waals surface area contributed by atoms with E-state index in [9.17, 15) is 9.59 Å². The molecule has 0 spiro atoms. The van der Waals surface area contributed by atoms with Gasteiger partial charge >= 0.3 is 0 Å². The maximum Gasteiger partial charge on any atom is 0.242 e. The maximum atomic E-state index is 13.4. The number of anilines is 1. The lowest BCUT2D eigenvalue weighted by Gasteiger charge is -2.32. The average Bonchev–Trinajstić information content (AvgIpc) is 3.32. The number of hydrogen-bond acceptors (Lipinski definition) is 5. The Morgan fingerprint density at radius 1 is 1.18 bits per heavy atom. The number of piperidine rings is 1. The minimum atomic E-state index is 0.0495. The first-order chi connectivity index (χ1) is 15.8. The Bertz CT molecular complexity index is 1250. The number of para-hydroxylation sites is 2. The van der Waals surface area contributed by atoms with Gasteiger partial charge in [-0.1, -0.05) is 26.0 Å². The zero-order chi connectivity index (χ0) is 23.3. The van der Waals surface area contributed by atoms with Crippen LogP contribution < -0.4 is 4.90 Å². The monoisotopic (exact) mass is 446 g/mol. The molecule has 1 saturated heterocycles. The molecular formula is C25H30N6O2. The van der Waals surface area contributed by atoms with E-state index in [1.165, 1.54) is 0 Å². The molecule has 1 atom stereocenters. The summed E-state index contributed by atoms with van der Waals surface area (Å²) in [7, 11) is 1.77. The number of hydrogen-bond donors (Lipinski definition) is 0. The summed E-state index contributed by atoms with van der Waals surface area (Å²) < 4.78 is 2.06. The van der Waals surface area contributed by atoms with Crippen LogP contribution in [0.15, 0.2) is 24.3 Å². The fourth-order valence-electron chi connectivity index (χ4n) is 5.01. The molecule has 2 aliphatic heterocycles. The molecule has 0 bridgehead atoms. The van der Waals surface area contributed by atoms with Crippen LogP contribution in [0.1, 0.15) is 61.4 Å². The summed E-state index contributed by atoms with van der Waals surface area (Å²) in [5, 5.41) is 0. The highest BCUT2D eigenvalue weighted by Crippen LogP contribution is 2.32. The highest BCUT2D eigenvalue weighted by Gasteiger charge is 2.32. The summed E-state index contributed by atoms with van der Waals surface area (Å²) in [5.74, 6) is 2.83. The number of nitrogens with zero attached hydrogens (tertiary/aromatic N) is 6. The molecule has 5 rings (SSSR count). The highest BCUT2D eigenvalue weighted by molar-refractivity contribution is 6.00. The largest absolute Gasteiger partial charge is 0.340 e. The number of aryl methyl sites for hydroxylation is 1. The number of benzene rings is 1. The van der Waals surface area contributed by atoms with Gasteiger partial charge in [-0.3, -0.25) is 14.5 Å². The molecule has 172 valence electrons. The normalized spacial score (nSPS) is 18.5. The first kappa shape index (κ1) is 21.6. The molecule has 33 heavy (non-hydrogen) atoms. The smallest absolute Gasteiger partial charge is 0.242 e. The molecule has 0 aliphatic carbocycles. The second-order valence-electron chi connectivity index (χ2n) is 9.48. The van der Waals surface area contributed by atoms with Crippen molar-refractivity contribution >= 4 is 28.7 Å². The number of amides is 2. The SMILES string of the molecule is Cc1nc(C2CCCN(C(=O)Cn3c(C(C)C)nc4ccccc43)C2)nc2c1CC(=O)N2C. The predicted octanol–water partition coefficient (Wildman–Crippen LogP) is 3.18. The minimum Gasteiger partial charge on any atom is -0.340 e. The van der Waals surface area contributed by atoms with Crippen molar-refractivity contribution in [2.75, 3.05) is 25.0 Å². The Morgan fingerprint density at radius 2 is 1.97 bits per heavy atom.